The summed E-state index contributed by atoms with van der Waals surface area (Å²) in [6, 6.07) is 0. The van der Waals surface area contributed by atoms with Crippen molar-refractivity contribution in [1.29, 1.82) is 0 Å². The number of rotatable bonds is 6. The number of nitrogens with zero attached hydrogens (tertiary/aromatic N) is 3. The fraction of sp³-hybridized carbons (Fsp3) is 0.765. The van der Waals surface area contributed by atoms with Crippen LogP contribution in [0.15, 0.2) is 10.4 Å². The van der Waals surface area contributed by atoms with Crippen molar-refractivity contribution in [3.63, 3.8) is 0 Å². The SMILES string of the molecule is CCNC(=NCc1nc(C(F)(F)F)cs1)NCC(C)(C)N1CCCCC1. The molecule has 148 valence electrons. The molecule has 0 radical (unpaired) electrons. The van der Waals surface area contributed by atoms with E-state index >= 15 is 0 Å². The summed E-state index contributed by atoms with van der Waals surface area (Å²) in [4.78, 5) is 10.5. The highest BCUT2D eigenvalue weighted by Crippen LogP contribution is 2.30. The molecule has 2 N–H and O–H groups in total. The van der Waals surface area contributed by atoms with E-state index in [9.17, 15) is 13.2 Å². The van der Waals surface area contributed by atoms with Crippen LogP contribution in [0, 0.1) is 0 Å². The zero-order chi connectivity index (χ0) is 19.2. The van der Waals surface area contributed by atoms with Gasteiger partial charge in [0.15, 0.2) is 11.7 Å². The lowest BCUT2D eigenvalue weighted by molar-refractivity contribution is -0.140. The predicted molar refractivity (Wildman–Crippen MR) is 99.4 cm³/mol. The number of halogens is 3. The van der Waals surface area contributed by atoms with E-state index in [4.69, 9.17) is 0 Å². The maximum absolute atomic E-state index is 12.6. The van der Waals surface area contributed by atoms with E-state index in [1.165, 1.54) is 19.3 Å². The maximum Gasteiger partial charge on any atom is 0.434 e. The molecule has 0 amide bonds. The van der Waals surface area contributed by atoms with Gasteiger partial charge in [-0.05, 0) is 46.7 Å². The molecular formula is C17H28F3N5S. The number of hydrogen-bond donors (Lipinski definition) is 2. The zero-order valence-corrected chi connectivity index (χ0v) is 16.4. The smallest absolute Gasteiger partial charge is 0.357 e. The van der Waals surface area contributed by atoms with Crippen LogP contribution in [0.2, 0.25) is 0 Å². The van der Waals surface area contributed by atoms with Crippen LogP contribution in [0.4, 0.5) is 13.2 Å². The first-order valence-electron chi connectivity index (χ1n) is 9.01. The number of nitrogens with one attached hydrogen (secondary N) is 2. The Morgan fingerprint density at radius 3 is 2.50 bits per heavy atom. The lowest BCUT2D eigenvalue weighted by atomic mass is 9.98. The van der Waals surface area contributed by atoms with Gasteiger partial charge >= 0.3 is 6.18 Å². The number of likely N-dealkylation sites (tertiary alicyclic amines) is 1. The zero-order valence-electron chi connectivity index (χ0n) is 15.6. The van der Waals surface area contributed by atoms with Gasteiger partial charge in [0, 0.05) is 24.0 Å². The van der Waals surface area contributed by atoms with E-state index in [1.54, 1.807) is 0 Å². The number of aliphatic imine (C=N–C) groups is 1. The summed E-state index contributed by atoms with van der Waals surface area (Å²) < 4.78 is 37.9. The van der Waals surface area contributed by atoms with Gasteiger partial charge < -0.3 is 10.6 Å². The molecule has 0 unspecified atom stereocenters. The van der Waals surface area contributed by atoms with Gasteiger partial charge in [0.1, 0.15) is 5.01 Å². The molecule has 26 heavy (non-hydrogen) atoms. The van der Waals surface area contributed by atoms with E-state index in [0.29, 0.717) is 24.1 Å². The maximum atomic E-state index is 12.6. The monoisotopic (exact) mass is 391 g/mol. The van der Waals surface area contributed by atoms with Crippen LogP contribution >= 0.6 is 11.3 Å². The minimum absolute atomic E-state index is 0.0127. The highest BCUT2D eigenvalue weighted by molar-refractivity contribution is 7.09. The number of alkyl halides is 3. The third-order valence-corrected chi connectivity index (χ3v) is 5.29. The molecular weight excluding hydrogens is 363 g/mol. The summed E-state index contributed by atoms with van der Waals surface area (Å²) >= 11 is 0.981. The highest BCUT2D eigenvalue weighted by Gasteiger charge is 2.33. The van der Waals surface area contributed by atoms with Gasteiger partial charge in [-0.15, -0.1) is 11.3 Å². The fourth-order valence-electron chi connectivity index (χ4n) is 2.91. The molecule has 0 atom stereocenters. The Hall–Kier alpha value is -1.35. The quantitative estimate of drug-likeness (QED) is 0.576. The number of hydrogen-bond acceptors (Lipinski definition) is 4. The van der Waals surface area contributed by atoms with Crippen LogP contribution in [-0.4, -0.2) is 47.6 Å². The third kappa shape index (κ3) is 6.12. The van der Waals surface area contributed by atoms with Crippen LogP contribution < -0.4 is 10.6 Å². The minimum atomic E-state index is -4.40. The summed E-state index contributed by atoms with van der Waals surface area (Å²) in [6.45, 7) is 10.1. The molecule has 2 rings (SSSR count). The lowest BCUT2D eigenvalue weighted by Gasteiger charge is -2.41. The summed E-state index contributed by atoms with van der Waals surface area (Å²) in [5.41, 5.74) is -0.863. The van der Waals surface area contributed by atoms with Crippen LogP contribution in [0.1, 0.15) is 50.7 Å². The second-order valence-corrected chi connectivity index (χ2v) is 7.98. The Labute approximate surface area is 157 Å². The summed E-state index contributed by atoms with van der Waals surface area (Å²) in [5, 5.41) is 7.84. The van der Waals surface area contributed by atoms with E-state index < -0.39 is 11.9 Å². The number of piperidine rings is 1. The molecule has 1 aromatic rings. The summed E-state index contributed by atoms with van der Waals surface area (Å²) in [7, 11) is 0. The Bertz CT molecular complexity index is 591. The lowest BCUT2D eigenvalue weighted by Crippen LogP contribution is -2.54. The molecule has 1 aliphatic heterocycles. The van der Waals surface area contributed by atoms with Crippen LogP contribution in [0.5, 0.6) is 0 Å². The molecule has 5 nitrogen and oxygen atoms in total. The predicted octanol–water partition coefficient (Wildman–Crippen LogP) is 3.48. The molecule has 2 heterocycles. The van der Waals surface area contributed by atoms with Crippen molar-refractivity contribution < 1.29 is 13.2 Å². The average molecular weight is 392 g/mol. The Morgan fingerprint density at radius 1 is 1.23 bits per heavy atom. The summed E-state index contributed by atoms with van der Waals surface area (Å²) in [6.07, 6.45) is -0.663. The van der Waals surface area contributed by atoms with Crippen molar-refractivity contribution in [2.75, 3.05) is 26.2 Å². The molecule has 0 aromatic carbocycles. The van der Waals surface area contributed by atoms with Crippen molar-refractivity contribution in [1.82, 2.24) is 20.5 Å². The second-order valence-electron chi connectivity index (χ2n) is 7.03. The third-order valence-electron chi connectivity index (χ3n) is 4.46. The molecule has 0 aliphatic carbocycles. The van der Waals surface area contributed by atoms with E-state index in [-0.39, 0.29) is 12.1 Å². The molecule has 1 aromatic heterocycles. The van der Waals surface area contributed by atoms with Gasteiger partial charge in [0.25, 0.3) is 0 Å². The average Bonchev–Trinajstić information content (AvgIpc) is 3.07. The highest BCUT2D eigenvalue weighted by atomic mass is 32.1. The minimum Gasteiger partial charge on any atom is -0.357 e. The Balaban J connectivity index is 1.94. The molecule has 0 bridgehead atoms. The second kappa shape index (κ2) is 9.03. The normalized spacial score (nSPS) is 17.4. The topological polar surface area (TPSA) is 52.6 Å². The standard InChI is InChI=1S/C17H28F3N5S/c1-4-21-15(22-10-14-24-13(11-26-14)17(18,19)20)23-12-16(2,3)25-8-6-5-7-9-25/h11H,4-10,12H2,1-3H3,(H2,21,22,23). The van der Waals surface area contributed by atoms with Gasteiger partial charge in [0.05, 0.1) is 6.54 Å². The Morgan fingerprint density at radius 2 is 1.92 bits per heavy atom. The number of thiazole rings is 1. The van der Waals surface area contributed by atoms with Crippen molar-refractivity contribution >= 4 is 17.3 Å². The first-order valence-corrected chi connectivity index (χ1v) is 9.89. The van der Waals surface area contributed by atoms with Crippen LogP contribution in [-0.2, 0) is 12.7 Å². The molecule has 9 heteroatoms. The van der Waals surface area contributed by atoms with Crippen molar-refractivity contribution in [2.45, 2.75) is 58.3 Å². The number of aromatic nitrogens is 1. The summed E-state index contributed by atoms with van der Waals surface area (Å²) in [5.74, 6) is 0.598. The Kier molecular flexibility index (Phi) is 7.28. The van der Waals surface area contributed by atoms with Gasteiger partial charge in [0.2, 0.25) is 0 Å². The largest absolute Gasteiger partial charge is 0.434 e. The van der Waals surface area contributed by atoms with Crippen molar-refractivity contribution in [3.8, 4) is 0 Å². The van der Waals surface area contributed by atoms with Gasteiger partial charge in [-0.3, -0.25) is 4.90 Å². The fourth-order valence-corrected chi connectivity index (χ4v) is 3.64. The van der Waals surface area contributed by atoms with E-state index in [0.717, 1.165) is 29.8 Å². The van der Waals surface area contributed by atoms with Gasteiger partial charge in [-0.1, -0.05) is 6.42 Å². The van der Waals surface area contributed by atoms with Gasteiger partial charge in [-0.2, -0.15) is 13.2 Å². The first-order chi connectivity index (χ1) is 12.2. The van der Waals surface area contributed by atoms with Crippen molar-refractivity contribution in [3.05, 3.63) is 16.1 Å². The van der Waals surface area contributed by atoms with E-state index in [2.05, 4.69) is 39.4 Å². The molecule has 1 fully saturated rings. The molecule has 1 aliphatic rings. The molecule has 1 saturated heterocycles. The van der Waals surface area contributed by atoms with E-state index in [1.807, 2.05) is 6.92 Å². The number of guanidine groups is 1. The van der Waals surface area contributed by atoms with Crippen LogP contribution in [0.3, 0.4) is 0 Å². The van der Waals surface area contributed by atoms with Gasteiger partial charge in [-0.25, -0.2) is 9.98 Å². The van der Waals surface area contributed by atoms with Crippen molar-refractivity contribution in [2.24, 2.45) is 4.99 Å². The first kappa shape index (κ1) is 21.0. The molecule has 0 saturated carbocycles. The molecule has 0 spiro atoms. The van der Waals surface area contributed by atoms with Crippen LogP contribution in [0.25, 0.3) is 0 Å².